The Morgan fingerprint density at radius 1 is 1.20 bits per heavy atom. The Morgan fingerprint density at radius 2 is 1.93 bits per heavy atom. The van der Waals surface area contributed by atoms with E-state index in [1.54, 1.807) is 13.3 Å². The molecule has 1 aliphatic heterocycles. The number of carbonyl (C=O) groups is 1. The minimum atomic E-state index is 0.116. The molecule has 0 spiro atoms. The third-order valence-corrected chi connectivity index (χ3v) is 5.63. The van der Waals surface area contributed by atoms with Crippen LogP contribution in [-0.4, -0.2) is 42.0 Å². The molecule has 0 unspecified atom stereocenters. The molecule has 1 N–H and O–H groups in total. The van der Waals surface area contributed by atoms with E-state index in [-0.39, 0.29) is 11.9 Å². The van der Waals surface area contributed by atoms with E-state index in [1.165, 1.54) is 0 Å². The molecule has 1 aliphatic rings. The maximum absolute atomic E-state index is 12.8. The first-order valence-corrected chi connectivity index (χ1v) is 10.1. The van der Waals surface area contributed by atoms with Crippen molar-refractivity contribution >= 4 is 22.5 Å². The molecule has 0 aliphatic carbocycles. The number of hydrogen-bond donors (Lipinski definition) is 1. The summed E-state index contributed by atoms with van der Waals surface area (Å²) in [4.78, 5) is 19.1. The van der Waals surface area contributed by atoms with E-state index in [0.29, 0.717) is 25.1 Å². The summed E-state index contributed by atoms with van der Waals surface area (Å²) in [5.41, 5.74) is 3.15. The van der Waals surface area contributed by atoms with E-state index in [9.17, 15) is 10.1 Å². The number of pyridine rings is 1. The molecule has 3 aromatic rings. The number of piperidine rings is 1. The van der Waals surface area contributed by atoms with E-state index in [2.05, 4.69) is 16.4 Å². The number of rotatable bonds is 5. The highest BCUT2D eigenvalue weighted by Crippen LogP contribution is 2.28. The number of ether oxygens (including phenoxy) is 1. The second-order valence-corrected chi connectivity index (χ2v) is 7.46. The molecule has 6 nitrogen and oxygen atoms in total. The molecule has 1 amide bonds. The number of nitrogens with one attached hydrogen (secondary N) is 1. The second kappa shape index (κ2) is 8.83. The highest BCUT2D eigenvalue weighted by molar-refractivity contribution is 5.94. The van der Waals surface area contributed by atoms with Gasteiger partial charge in [-0.1, -0.05) is 36.4 Å². The molecule has 1 aromatic heterocycles. The van der Waals surface area contributed by atoms with Gasteiger partial charge in [0, 0.05) is 36.3 Å². The van der Waals surface area contributed by atoms with Crippen molar-refractivity contribution in [2.24, 2.45) is 0 Å². The third kappa shape index (κ3) is 4.06. The van der Waals surface area contributed by atoms with Gasteiger partial charge in [0.25, 0.3) is 0 Å². The number of anilines is 1. The Morgan fingerprint density at radius 3 is 2.70 bits per heavy atom. The summed E-state index contributed by atoms with van der Waals surface area (Å²) in [7, 11) is 1.62. The van der Waals surface area contributed by atoms with Gasteiger partial charge in [0.15, 0.2) is 0 Å². The van der Waals surface area contributed by atoms with E-state index in [1.807, 2.05) is 53.4 Å². The Bertz CT molecular complexity index is 1100. The molecular weight excluding hydrogens is 376 g/mol. The predicted octanol–water partition coefficient (Wildman–Crippen LogP) is 3.76. The molecule has 0 bridgehead atoms. The summed E-state index contributed by atoms with van der Waals surface area (Å²) in [5.74, 6) is 0.862. The van der Waals surface area contributed by atoms with Crippen LogP contribution in [0.25, 0.3) is 10.9 Å². The number of methoxy groups -OCH3 is 1. The maximum atomic E-state index is 12.8. The number of nitrogens with zero attached hydrogens (tertiary/aromatic N) is 3. The van der Waals surface area contributed by atoms with Crippen molar-refractivity contribution in [1.82, 2.24) is 9.88 Å². The minimum absolute atomic E-state index is 0.116. The number of carbonyl (C=O) groups excluding carboxylic acids is 1. The van der Waals surface area contributed by atoms with Gasteiger partial charge < -0.3 is 15.0 Å². The lowest BCUT2D eigenvalue weighted by atomic mass is 10.0. The van der Waals surface area contributed by atoms with Gasteiger partial charge >= 0.3 is 0 Å². The van der Waals surface area contributed by atoms with Crippen LogP contribution in [0.2, 0.25) is 0 Å². The maximum Gasteiger partial charge on any atom is 0.227 e. The lowest BCUT2D eigenvalue weighted by molar-refractivity contribution is -0.131. The first-order valence-electron chi connectivity index (χ1n) is 10.1. The number of nitriles is 1. The monoisotopic (exact) mass is 400 g/mol. The molecule has 0 atom stereocenters. The average Bonchev–Trinajstić information content (AvgIpc) is 2.80. The summed E-state index contributed by atoms with van der Waals surface area (Å²) in [5, 5.41) is 14.0. The van der Waals surface area contributed by atoms with Gasteiger partial charge in [-0.3, -0.25) is 9.78 Å². The van der Waals surface area contributed by atoms with Gasteiger partial charge in [0.05, 0.1) is 30.3 Å². The first kappa shape index (κ1) is 19.7. The molecule has 30 heavy (non-hydrogen) atoms. The predicted molar refractivity (Wildman–Crippen MR) is 116 cm³/mol. The smallest absolute Gasteiger partial charge is 0.227 e. The van der Waals surface area contributed by atoms with Gasteiger partial charge in [0.2, 0.25) is 5.91 Å². The quantitative estimate of drug-likeness (QED) is 0.706. The van der Waals surface area contributed by atoms with Crippen molar-refractivity contribution in [1.29, 1.82) is 5.26 Å². The zero-order chi connectivity index (χ0) is 20.9. The Labute approximate surface area is 176 Å². The van der Waals surface area contributed by atoms with E-state index in [4.69, 9.17) is 4.74 Å². The van der Waals surface area contributed by atoms with Crippen LogP contribution in [0, 0.1) is 11.3 Å². The summed E-state index contributed by atoms with van der Waals surface area (Å²) in [6.07, 6.45) is 3.63. The van der Waals surface area contributed by atoms with E-state index < -0.39 is 0 Å². The fourth-order valence-electron chi connectivity index (χ4n) is 3.98. The molecule has 1 saturated heterocycles. The van der Waals surface area contributed by atoms with Crippen LogP contribution in [0.1, 0.15) is 24.0 Å². The second-order valence-electron chi connectivity index (χ2n) is 7.46. The van der Waals surface area contributed by atoms with Crippen molar-refractivity contribution in [2.75, 3.05) is 25.5 Å². The molecule has 0 radical (unpaired) electrons. The standard InChI is InChI=1S/C24H24N4O2/c1-30-22-9-5-2-6-17(22)14-23(29)28-12-10-19(11-13-28)27-24-18(15-25)16-26-21-8-4-3-7-20(21)24/h2-9,16,19H,10-14H2,1H3,(H,26,27). The normalized spacial score (nSPS) is 14.3. The van der Waals surface area contributed by atoms with Gasteiger partial charge in [0.1, 0.15) is 11.8 Å². The Hall–Kier alpha value is -3.59. The van der Waals surface area contributed by atoms with Crippen molar-refractivity contribution < 1.29 is 9.53 Å². The number of amides is 1. The summed E-state index contributed by atoms with van der Waals surface area (Å²) >= 11 is 0. The number of benzene rings is 2. The van der Waals surface area contributed by atoms with E-state index in [0.717, 1.165) is 40.7 Å². The number of para-hydroxylation sites is 2. The van der Waals surface area contributed by atoms with Crippen molar-refractivity contribution in [3.63, 3.8) is 0 Å². The number of fused-ring (bicyclic) bond motifs is 1. The molecule has 0 saturated carbocycles. The minimum Gasteiger partial charge on any atom is -0.496 e. The fourth-order valence-corrected chi connectivity index (χ4v) is 3.98. The van der Waals surface area contributed by atoms with Crippen molar-refractivity contribution in [3.8, 4) is 11.8 Å². The van der Waals surface area contributed by atoms with Crippen molar-refractivity contribution in [3.05, 3.63) is 65.9 Å². The lowest BCUT2D eigenvalue weighted by Crippen LogP contribution is -2.43. The fraction of sp³-hybridized carbons (Fsp3) is 0.292. The summed E-state index contributed by atoms with van der Waals surface area (Å²) in [6.45, 7) is 1.38. The number of likely N-dealkylation sites (tertiary alicyclic amines) is 1. The topological polar surface area (TPSA) is 78.2 Å². The molecule has 2 heterocycles. The molecule has 4 rings (SSSR count). The highest BCUT2D eigenvalue weighted by Gasteiger charge is 2.24. The van der Waals surface area contributed by atoms with Crippen LogP contribution in [0.3, 0.4) is 0 Å². The number of aromatic nitrogens is 1. The Balaban J connectivity index is 1.41. The lowest BCUT2D eigenvalue weighted by Gasteiger charge is -2.33. The highest BCUT2D eigenvalue weighted by atomic mass is 16.5. The van der Waals surface area contributed by atoms with E-state index >= 15 is 0 Å². The average molecular weight is 400 g/mol. The van der Waals surface area contributed by atoms with Gasteiger partial charge in [-0.25, -0.2) is 0 Å². The largest absolute Gasteiger partial charge is 0.496 e. The van der Waals surface area contributed by atoms with Crippen LogP contribution in [0.15, 0.2) is 54.7 Å². The van der Waals surface area contributed by atoms with Crippen LogP contribution >= 0.6 is 0 Å². The van der Waals surface area contributed by atoms with Crippen molar-refractivity contribution in [2.45, 2.75) is 25.3 Å². The SMILES string of the molecule is COc1ccccc1CC(=O)N1CCC(Nc2c(C#N)cnc3ccccc23)CC1. The molecule has 2 aromatic carbocycles. The zero-order valence-corrected chi connectivity index (χ0v) is 17.0. The third-order valence-electron chi connectivity index (χ3n) is 5.63. The first-order chi connectivity index (χ1) is 14.7. The van der Waals surface area contributed by atoms with Crippen LogP contribution in [-0.2, 0) is 11.2 Å². The van der Waals surface area contributed by atoms with Gasteiger partial charge in [-0.05, 0) is 25.0 Å². The van der Waals surface area contributed by atoms with Crippen LogP contribution < -0.4 is 10.1 Å². The van der Waals surface area contributed by atoms with Crippen LogP contribution in [0.5, 0.6) is 5.75 Å². The Kier molecular flexibility index (Phi) is 5.80. The molecular formula is C24H24N4O2. The molecule has 1 fully saturated rings. The van der Waals surface area contributed by atoms with Gasteiger partial charge in [-0.2, -0.15) is 5.26 Å². The van der Waals surface area contributed by atoms with Gasteiger partial charge in [-0.15, -0.1) is 0 Å². The summed E-state index contributed by atoms with van der Waals surface area (Å²) < 4.78 is 5.36. The molecule has 152 valence electrons. The number of hydrogen-bond acceptors (Lipinski definition) is 5. The van der Waals surface area contributed by atoms with Crippen LogP contribution in [0.4, 0.5) is 5.69 Å². The molecule has 6 heteroatoms. The zero-order valence-electron chi connectivity index (χ0n) is 17.0. The summed E-state index contributed by atoms with van der Waals surface area (Å²) in [6, 6.07) is 17.9.